The van der Waals surface area contributed by atoms with Crippen LogP contribution in [0.2, 0.25) is 0 Å². The maximum atomic E-state index is 13.1. The van der Waals surface area contributed by atoms with Gasteiger partial charge in [0.25, 0.3) is 0 Å². The quantitative estimate of drug-likeness (QED) is 0.742. The maximum absolute atomic E-state index is 13.1. The Labute approximate surface area is 142 Å². The van der Waals surface area contributed by atoms with Gasteiger partial charge in [-0.2, -0.15) is 0 Å². The van der Waals surface area contributed by atoms with Gasteiger partial charge in [-0.15, -0.1) is 0 Å². The molecule has 0 atom stereocenters. The number of nitrogens with one attached hydrogen (secondary N) is 1. The van der Waals surface area contributed by atoms with Gasteiger partial charge in [0.2, 0.25) is 0 Å². The van der Waals surface area contributed by atoms with Gasteiger partial charge in [-0.25, -0.2) is 18.8 Å². The molecule has 0 unspecified atom stereocenters. The summed E-state index contributed by atoms with van der Waals surface area (Å²) in [6.45, 7) is 0. The molecular weight excluding hydrogens is 322 g/mol. The summed E-state index contributed by atoms with van der Waals surface area (Å²) in [7, 11) is 0. The monoisotopic (exact) mass is 334 g/mol. The summed E-state index contributed by atoms with van der Waals surface area (Å²) < 4.78 is 26.2. The predicted octanol–water partition coefficient (Wildman–Crippen LogP) is 4.64. The van der Waals surface area contributed by atoms with Gasteiger partial charge in [-0.05, 0) is 54.6 Å². The lowest BCUT2D eigenvalue weighted by Crippen LogP contribution is -2.20. The molecule has 0 amide bonds. The van der Waals surface area contributed by atoms with E-state index in [0.717, 1.165) is 11.3 Å². The van der Waals surface area contributed by atoms with Crippen LogP contribution in [0.1, 0.15) is 5.56 Å². The van der Waals surface area contributed by atoms with E-state index in [1.54, 1.807) is 42.7 Å². The van der Waals surface area contributed by atoms with Gasteiger partial charge in [0.1, 0.15) is 17.3 Å². The van der Waals surface area contributed by atoms with E-state index in [0.29, 0.717) is 22.9 Å². The number of aliphatic imine (C=N–C) groups is 2. The highest BCUT2D eigenvalue weighted by Gasteiger charge is 2.23. The van der Waals surface area contributed by atoms with E-state index in [9.17, 15) is 8.78 Å². The van der Waals surface area contributed by atoms with Crippen LogP contribution in [0.3, 0.4) is 0 Å². The molecule has 0 spiro atoms. The summed E-state index contributed by atoms with van der Waals surface area (Å²) in [5.74, 6) is -0.110. The fourth-order valence-corrected chi connectivity index (χ4v) is 2.48. The van der Waals surface area contributed by atoms with E-state index < -0.39 is 0 Å². The van der Waals surface area contributed by atoms with Gasteiger partial charge >= 0.3 is 0 Å². The second-order valence-electron chi connectivity index (χ2n) is 5.42. The molecule has 0 saturated heterocycles. The van der Waals surface area contributed by atoms with Crippen LogP contribution in [0.25, 0.3) is 0 Å². The number of hydrogen-bond acceptors (Lipinski definition) is 4. The van der Waals surface area contributed by atoms with Gasteiger partial charge in [-0.3, -0.25) is 4.98 Å². The zero-order chi connectivity index (χ0) is 17.2. The number of anilines is 1. The van der Waals surface area contributed by atoms with Gasteiger partial charge in [0.05, 0.1) is 11.4 Å². The molecule has 122 valence electrons. The largest absolute Gasteiger partial charge is 0.338 e. The molecule has 0 radical (unpaired) electrons. The van der Waals surface area contributed by atoms with Crippen LogP contribution in [0.4, 0.5) is 25.8 Å². The number of hydrogen-bond donors (Lipinski definition) is 1. The number of rotatable bonds is 2. The van der Waals surface area contributed by atoms with Crippen LogP contribution >= 0.6 is 0 Å². The molecular formula is C19H12F2N4. The Balaban J connectivity index is 1.74. The van der Waals surface area contributed by atoms with Crippen molar-refractivity contribution in [2.75, 3.05) is 5.32 Å². The Morgan fingerprint density at radius 1 is 0.840 bits per heavy atom. The SMILES string of the molecule is Fc1ccc(N=C2C(Nc3ccc(F)cc3)=Nc3ccncc32)cc1. The van der Waals surface area contributed by atoms with Crippen LogP contribution in [0.5, 0.6) is 0 Å². The molecule has 1 aliphatic rings. The number of aromatic nitrogens is 1. The van der Waals surface area contributed by atoms with Crippen molar-refractivity contribution >= 4 is 28.6 Å². The van der Waals surface area contributed by atoms with Crippen LogP contribution < -0.4 is 5.32 Å². The number of amidine groups is 1. The lowest BCUT2D eigenvalue weighted by molar-refractivity contribution is 0.627. The topological polar surface area (TPSA) is 49.6 Å². The zero-order valence-electron chi connectivity index (χ0n) is 12.9. The van der Waals surface area contributed by atoms with E-state index in [4.69, 9.17) is 0 Å². The van der Waals surface area contributed by atoms with Gasteiger partial charge in [-0.1, -0.05) is 0 Å². The predicted molar refractivity (Wildman–Crippen MR) is 94.0 cm³/mol. The smallest absolute Gasteiger partial charge is 0.157 e. The third-order valence-corrected chi connectivity index (χ3v) is 3.68. The van der Waals surface area contributed by atoms with Crippen molar-refractivity contribution in [1.29, 1.82) is 0 Å². The first-order valence-electron chi connectivity index (χ1n) is 7.59. The Bertz CT molecular complexity index is 977. The first kappa shape index (κ1) is 15.1. The Morgan fingerprint density at radius 3 is 2.24 bits per heavy atom. The minimum atomic E-state index is -0.323. The molecule has 3 aromatic rings. The summed E-state index contributed by atoms with van der Waals surface area (Å²) in [6, 6.07) is 13.6. The van der Waals surface area contributed by atoms with Crippen LogP contribution in [-0.2, 0) is 0 Å². The number of halogens is 2. The van der Waals surface area contributed by atoms with Crippen molar-refractivity contribution in [2.24, 2.45) is 9.98 Å². The third kappa shape index (κ3) is 3.14. The molecule has 1 N–H and O–H groups in total. The molecule has 0 saturated carbocycles. The molecule has 0 aliphatic carbocycles. The van der Waals surface area contributed by atoms with E-state index in [1.807, 2.05) is 0 Å². The fraction of sp³-hybridized carbons (Fsp3) is 0. The third-order valence-electron chi connectivity index (χ3n) is 3.68. The number of pyridine rings is 1. The molecule has 4 rings (SSSR count). The van der Waals surface area contributed by atoms with Gasteiger partial charge in [0, 0.05) is 23.6 Å². The first-order valence-corrected chi connectivity index (χ1v) is 7.59. The van der Waals surface area contributed by atoms with E-state index in [1.165, 1.54) is 24.3 Å². The molecule has 4 nitrogen and oxygen atoms in total. The highest BCUT2D eigenvalue weighted by atomic mass is 19.1. The normalized spacial score (nSPS) is 14.3. The molecule has 6 heteroatoms. The highest BCUT2D eigenvalue weighted by molar-refractivity contribution is 6.54. The number of benzene rings is 2. The van der Waals surface area contributed by atoms with Gasteiger partial charge < -0.3 is 5.32 Å². The number of fused-ring (bicyclic) bond motifs is 1. The van der Waals surface area contributed by atoms with Crippen molar-refractivity contribution in [3.63, 3.8) is 0 Å². The summed E-state index contributed by atoms with van der Waals surface area (Å²) in [6.07, 6.45) is 3.33. The molecule has 1 aliphatic heterocycles. The highest BCUT2D eigenvalue weighted by Crippen LogP contribution is 2.28. The maximum Gasteiger partial charge on any atom is 0.157 e. The molecule has 0 bridgehead atoms. The zero-order valence-corrected chi connectivity index (χ0v) is 12.9. The van der Waals surface area contributed by atoms with Crippen molar-refractivity contribution in [1.82, 2.24) is 4.98 Å². The summed E-state index contributed by atoms with van der Waals surface area (Å²) >= 11 is 0. The lowest BCUT2D eigenvalue weighted by atomic mass is 10.1. The van der Waals surface area contributed by atoms with Crippen LogP contribution in [-0.4, -0.2) is 16.5 Å². The second kappa shape index (κ2) is 6.24. The summed E-state index contributed by atoms with van der Waals surface area (Å²) in [4.78, 5) is 13.2. The Kier molecular flexibility index (Phi) is 3.78. The standard InChI is InChI=1S/C19H12F2N4/c20-12-1-5-14(6-2-12)23-18-16-11-22-10-9-17(16)25-19(18)24-15-7-3-13(21)4-8-15/h1-11H,(H,23,24,25). The van der Waals surface area contributed by atoms with E-state index >= 15 is 0 Å². The average Bonchev–Trinajstić information content (AvgIpc) is 2.96. The molecule has 25 heavy (non-hydrogen) atoms. The van der Waals surface area contributed by atoms with Crippen LogP contribution in [0, 0.1) is 11.6 Å². The summed E-state index contributed by atoms with van der Waals surface area (Å²) in [5, 5.41) is 3.15. The molecule has 2 heterocycles. The lowest BCUT2D eigenvalue weighted by Gasteiger charge is -2.08. The fourth-order valence-electron chi connectivity index (χ4n) is 2.48. The molecule has 1 aromatic heterocycles. The Hall–Kier alpha value is -3.41. The average molecular weight is 334 g/mol. The molecule has 2 aromatic carbocycles. The molecule has 0 fully saturated rings. The Morgan fingerprint density at radius 2 is 1.52 bits per heavy atom. The summed E-state index contributed by atoms with van der Waals surface area (Å²) in [5.41, 5.74) is 3.39. The first-order chi connectivity index (χ1) is 12.2. The van der Waals surface area contributed by atoms with Crippen molar-refractivity contribution < 1.29 is 8.78 Å². The van der Waals surface area contributed by atoms with Crippen molar-refractivity contribution in [3.8, 4) is 0 Å². The number of nitrogens with zero attached hydrogens (tertiary/aromatic N) is 3. The van der Waals surface area contributed by atoms with Crippen molar-refractivity contribution in [2.45, 2.75) is 0 Å². The minimum Gasteiger partial charge on any atom is -0.338 e. The van der Waals surface area contributed by atoms with Gasteiger partial charge in [0.15, 0.2) is 5.84 Å². The van der Waals surface area contributed by atoms with Crippen molar-refractivity contribution in [3.05, 3.63) is 84.2 Å². The van der Waals surface area contributed by atoms with E-state index in [2.05, 4.69) is 20.3 Å². The van der Waals surface area contributed by atoms with Crippen LogP contribution in [0.15, 0.2) is 77.0 Å². The van der Waals surface area contributed by atoms with E-state index in [-0.39, 0.29) is 11.6 Å². The second-order valence-corrected chi connectivity index (χ2v) is 5.42. The minimum absolute atomic E-state index is 0.313.